The lowest BCUT2D eigenvalue weighted by atomic mass is 10.3. The largest absolute Gasteiger partial charge is 0.194 e. The molecule has 7 heteroatoms. The molecule has 64 valence electrons. The summed E-state index contributed by atoms with van der Waals surface area (Å²) in [4.78, 5) is 0. The molecule has 0 radical (unpaired) electrons. The number of tetrazole rings is 1. The molecule has 2 aromatic rings. The zero-order valence-corrected chi connectivity index (χ0v) is 7.49. The molecule has 0 atom stereocenters. The molecule has 0 saturated carbocycles. The third-order valence-corrected chi connectivity index (χ3v) is 2.44. The number of nitriles is 1. The van der Waals surface area contributed by atoms with Gasteiger partial charge in [-0.1, -0.05) is 0 Å². The van der Waals surface area contributed by atoms with E-state index in [1.807, 2.05) is 0 Å². The average molecular weight is 192 g/mol. The van der Waals surface area contributed by atoms with Crippen molar-refractivity contribution in [2.75, 3.05) is 0 Å². The van der Waals surface area contributed by atoms with Crippen molar-refractivity contribution in [3.63, 3.8) is 0 Å². The topological polar surface area (TPSA) is 80.3 Å². The lowest BCUT2D eigenvalue weighted by Crippen LogP contribution is -1.94. The zero-order valence-electron chi connectivity index (χ0n) is 6.67. The average Bonchev–Trinajstić information content (AvgIpc) is 2.71. The van der Waals surface area contributed by atoms with Crippen LogP contribution in [0.3, 0.4) is 0 Å². The van der Waals surface area contributed by atoms with Gasteiger partial charge in [-0.2, -0.15) is 14.3 Å². The van der Waals surface area contributed by atoms with Gasteiger partial charge in [0.1, 0.15) is 18.0 Å². The molecule has 0 unspecified atom stereocenters. The van der Waals surface area contributed by atoms with Gasteiger partial charge < -0.3 is 0 Å². The van der Waals surface area contributed by atoms with E-state index in [-0.39, 0.29) is 0 Å². The second-order valence-corrected chi connectivity index (χ2v) is 3.07. The molecule has 0 aliphatic heterocycles. The van der Waals surface area contributed by atoms with Gasteiger partial charge in [0.25, 0.3) is 0 Å². The van der Waals surface area contributed by atoms with Gasteiger partial charge in [0.15, 0.2) is 5.00 Å². The summed E-state index contributed by atoms with van der Waals surface area (Å²) in [6.45, 7) is 1.78. The Hall–Kier alpha value is -1.81. The molecule has 0 spiro atoms. The summed E-state index contributed by atoms with van der Waals surface area (Å²) in [5, 5.41) is 20.1. The Kier molecular flexibility index (Phi) is 1.75. The first-order valence-corrected chi connectivity index (χ1v) is 4.20. The minimum absolute atomic E-state index is 0.525. The Labute approximate surface area is 77.6 Å². The predicted octanol–water partition coefficient (Wildman–Crippen LogP) is 0.299. The molecule has 0 aromatic carbocycles. The van der Waals surface area contributed by atoms with Crippen molar-refractivity contribution in [2.24, 2.45) is 0 Å². The van der Waals surface area contributed by atoms with Crippen molar-refractivity contribution >= 4 is 11.5 Å². The summed E-state index contributed by atoms with van der Waals surface area (Å²) in [5.74, 6) is 0. The quantitative estimate of drug-likeness (QED) is 0.649. The lowest BCUT2D eigenvalue weighted by Gasteiger charge is -1.91. The number of hydrogen-bond donors (Lipinski definition) is 0. The second-order valence-electron chi connectivity index (χ2n) is 2.31. The monoisotopic (exact) mass is 192 g/mol. The standard InChI is InChI=1S/C6H4N6S/c1-4-5(2-7)6(13-9-4)12-3-8-10-11-12/h3H,1H3. The van der Waals surface area contributed by atoms with E-state index in [1.54, 1.807) is 6.92 Å². The summed E-state index contributed by atoms with van der Waals surface area (Å²) >= 11 is 1.21. The molecule has 2 heterocycles. The number of nitrogens with zero attached hydrogens (tertiary/aromatic N) is 6. The van der Waals surface area contributed by atoms with Crippen LogP contribution >= 0.6 is 11.5 Å². The van der Waals surface area contributed by atoms with E-state index < -0.39 is 0 Å². The fourth-order valence-electron chi connectivity index (χ4n) is 0.897. The van der Waals surface area contributed by atoms with Gasteiger partial charge in [-0.25, -0.2) is 0 Å². The van der Waals surface area contributed by atoms with Gasteiger partial charge in [-0.3, -0.25) is 0 Å². The Balaban J connectivity index is 2.60. The first kappa shape index (κ1) is 7.82. The number of hydrogen-bond acceptors (Lipinski definition) is 6. The highest BCUT2D eigenvalue weighted by Gasteiger charge is 2.12. The third kappa shape index (κ3) is 1.17. The molecule has 0 amide bonds. The molecule has 0 aliphatic rings. The highest BCUT2D eigenvalue weighted by Crippen LogP contribution is 2.20. The van der Waals surface area contributed by atoms with Gasteiger partial charge in [-0.05, 0) is 28.9 Å². The van der Waals surface area contributed by atoms with E-state index >= 15 is 0 Å². The summed E-state index contributed by atoms with van der Waals surface area (Å²) in [7, 11) is 0. The maximum Gasteiger partial charge on any atom is 0.159 e. The van der Waals surface area contributed by atoms with E-state index in [0.29, 0.717) is 16.3 Å². The number of rotatable bonds is 1. The highest BCUT2D eigenvalue weighted by molar-refractivity contribution is 7.08. The van der Waals surface area contributed by atoms with Crippen LogP contribution < -0.4 is 0 Å². The minimum atomic E-state index is 0.525. The molecule has 0 bridgehead atoms. The zero-order chi connectivity index (χ0) is 9.26. The molecule has 2 aromatic heterocycles. The molecule has 0 fully saturated rings. The van der Waals surface area contributed by atoms with E-state index in [1.165, 1.54) is 22.5 Å². The third-order valence-electron chi connectivity index (χ3n) is 1.51. The van der Waals surface area contributed by atoms with Crippen molar-refractivity contribution in [3.8, 4) is 11.1 Å². The normalized spacial score (nSPS) is 9.85. The fraction of sp³-hybridized carbons (Fsp3) is 0.167. The van der Waals surface area contributed by atoms with Crippen LogP contribution in [0.4, 0.5) is 0 Å². The summed E-state index contributed by atoms with van der Waals surface area (Å²) in [6.07, 6.45) is 1.44. The van der Waals surface area contributed by atoms with Crippen molar-refractivity contribution < 1.29 is 0 Å². The van der Waals surface area contributed by atoms with Gasteiger partial charge in [0.05, 0.1) is 5.69 Å². The fourth-order valence-corrected chi connectivity index (χ4v) is 1.66. The second kappa shape index (κ2) is 2.91. The van der Waals surface area contributed by atoms with Crippen LogP contribution in [0.2, 0.25) is 0 Å². The lowest BCUT2D eigenvalue weighted by molar-refractivity contribution is 0.796. The van der Waals surface area contributed by atoms with Crippen molar-refractivity contribution in [1.82, 2.24) is 24.6 Å². The maximum atomic E-state index is 8.82. The van der Waals surface area contributed by atoms with Crippen LogP contribution in [0, 0.1) is 18.3 Å². The molecule has 0 saturated heterocycles. The van der Waals surface area contributed by atoms with Crippen molar-refractivity contribution in [1.29, 1.82) is 5.26 Å². The van der Waals surface area contributed by atoms with Gasteiger partial charge in [0, 0.05) is 0 Å². The smallest absolute Gasteiger partial charge is 0.159 e. The van der Waals surface area contributed by atoms with Crippen LogP contribution in [0.15, 0.2) is 6.33 Å². The van der Waals surface area contributed by atoms with Crippen LogP contribution in [0.25, 0.3) is 5.00 Å². The summed E-state index contributed by atoms with van der Waals surface area (Å²) in [6, 6.07) is 2.06. The first-order chi connectivity index (χ1) is 6.33. The summed E-state index contributed by atoms with van der Waals surface area (Å²) < 4.78 is 5.48. The van der Waals surface area contributed by atoms with Crippen LogP contribution in [0.1, 0.15) is 11.3 Å². The van der Waals surface area contributed by atoms with E-state index in [2.05, 4.69) is 26.0 Å². The SMILES string of the molecule is Cc1nsc(-n2cnnn2)c1C#N. The molecule has 2 rings (SSSR count). The number of aromatic nitrogens is 5. The van der Waals surface area contributed by atoms with Gasteiger partial charge in [-0.15, -0.1) is 5.10 Å². The van der Waals surface area contributed by atoms with Crippen LogP contribution in [-0.2, 0) is 0 Å². The van der Waals surface area contributed by atoms with Crippen molar-refractivity contribution in [3.05, 3.63) is 17.6 Å². The molecular weight excluding hydrogens is 188 g/mol. The van der Waals surface area contributed by atoms with Gasteiger partial charge >= 0.3 is 0 Å². The molecular formula is C6H4N6S. The molecule has 0 N–H and O–H groups in total. The van der Waals surface area contributed by atoms with E-state index in [9.17, 15) is 0 Å². The Morgan fingerprint density at radius 2 is 2.46 bits per heavy atom. The Morgan fingerprint density at radius 1 is 1.62 bits per heavy atom. The van der Waals surface area contributed by atoms with Gasteiger partial charge in [0.2, 0.25) is 0 Å². The molecule has 13 heavy (non-hydrogen) atoms. The van der Waals surface area contributed by atoms with Crippen LogP contribution in [0.5, 0.6) is 0 Å². The Bertz CT molecular complexity index is 450. The summed E-state index contributed by atoms with van der Waals surface area (Å²) in [5.41, 5.74) is 1.23. The van der Waals surface area contributed by atoms with Crippen molar-refractivity contribution in [2.45, 2.75) is 6.92 Å². The first-order valence-electron chi connectivity index (χ1n) is 3.42. The van der Waals surface area contributed by atoms with E-state index in [0.717, 1.165) is 0 Å². The van der Waals surface area contributed by atoms with Crippen LogP contribution in [-0.4, -0.2) is 24.6 Å². The molecule has 6 nitrogen and oxygen atoms in total. The number of aryl methyl sites for hydroxylation is 1. The highest BCUT2D eigenvalue weighted by atomic mass is 32.1. The van der Waals surface area contributed by atoms with E-state index in [4.69, 9.17) is 5.26 Å². The predicted molar refractivity (Wildman–Crippen MR) is 44.3 cm³/mol. The maximum absolute atomic E-state index is 8.82. The Morgan fingerprint density at radius 3 is 3.08 bits per heavy atom. The minimum Gasteiger partial charge on any atom is -0.194 e. The molecule has 0 aliphatic carbocycles.